The molecule has 1 fully saturated rings. The molecule has 49 heavy (non-hydrogen) atoms. The van der Waals surface area contributed by atoms with Crippen LogP contribution in [0.1, 0.15) is 45.5 Å². The molecule has 10 heteroatoms. The van der Waals surface area contributed by atoms with Crippen LogP contribution >= 0.6 is 12.4 Å². The van der Waals surface area contributed by atoms with E-state index in [4.69, 9.17) is 0 Å². The van der Waals surface area contributed by atoms with Crippen LogP contribution in [0, 0.1) is 0 Å². The van der Waals surface area contributed by atoms with Crippen LogP contribution in [0.15, 0.2) is 109 Å². The number of carbonyl (C=O) groups is 3. The number of carbonyl (C=O) groups excluding carboxylic acids is 3. The smallest absolute Gasteiger partial charge is 0.275 e. The Kier molecular flexibility index (Phi) is 11.0. The van der Waals surface area contributed by atoms with E-state index in [1.165, 1.54) is 11.0 Å². The molecule has 2 aliphatic rings. The average Bonchev–Trinajstić information content (AvgIpc) is 3.22. The van der Waals surface area contributed by atoms with Crippen molar-refractivity contribution in [1.82, 2.24) is 9.80 Å². The minimum absolute atomic E-state index is 0. The van der Waals surface area contributed by atoms with Gasteiger partial charge in [0, 0.05) is 66.1 Å². The van der Waals surface area contributed by atoms with Gasteiger partial charge in [-0.25, -0.2) is 8.78 Å². The fourth-order valence-electron chi connectivity index (χ4n) is 6.45. The molecule has 2 heterocycles. The predicted molar refractivity (Wildman–Crippen MR) is 192 cm³/mol. The lowest BCUT2D eigenvalue weighted by molar-refractivity contribution is -0.127. The van der Waals surface area contributed by atoms with Gasteiger partial charge in [-0.2, -0.15) is 0 Å². The van der Waals surface area contributed by atoms with Crippen LogP contribution in [-0.4, -0.2) is 73.2 Å². The summed E-state index contributed by atoms with van der Waals surface area (Å²) in [6.45, 7) is 0.760. The molecule has 4 aromatic carbocycles. The summed E-state index contributed by atoms with van der Waals surface area (Å²) in [5.74, 6) is -4.52. The summed E-state index contributed by atoms with van der Waals surface area (Å²) >= 11 is 0. The summed E-state index contributed by atoms with van der Waals surface area (Å²) in [5, 5.41) is 2.90. The molecule has 0 atom stereocenters. The summed E-state index contributed by atoms with van der Waals surface area (Å²) in [6, 6.07) is 30.2. The van der Waals surface area contributed by atoms with Crippen molar-refractivity contribution >= 4 is 47.1 Å². The van der Waals surface area contributed by atoms with Crippen LogP contribution in [0.3, 0.4) is 0 Å². The Morgan fingerprint density at radius 3 is 2.08 bits per heavy atom. The van der Waals surface area contributed by atoms with Gasteiger partial charge in [-0.15, -0.1) is 12.4 Å². The molecule has 3 amide bonds. The number of hydrogen-bond donors (Lipinski definition) is 1. The predicted octanol–water partition coefficient (Wildman–Crippen LogP) is 7.65. The highest BCUT2D eigenvalue weighted by atomic mass is 35.5. The van der Waals surface area contributed by atoms with Crippen molar-refractivity contribution in [1.29, 1.82) is 0 Å². The lowest BCUT2D eigenvalue weighted by Gasteiger charge is -2.35. The van der Waals surface area contributed by atoms with E-state index in [9.17, 15) is 14.4 Å². The number of hydrogen-bond acceptors (Lipinski definition) is 4. The van der Waals surface area contributed by atoms with Gasteiger partial charge in [-0.3, -0.25) is 14.4 Å². The second-order valence-corrected chi connectivity index (χ2v) is 12.4. The molecule has 0 radical (unpaired) electrons. The molecule has 1 N–H and O–H groups in total. The highest BCUT2D eigenvalue weighted by Gasteiger charge is 2.42. The zero-order chi connectivity index (χ0) is 33.8. The van der Waals surface area contributed by atoms with Gasteiger partial charge in [-0.1, -0.05) is 66.7 Å². The first-order valence-electron chi connectivity index (χ1n) is 16.1. The number of nitrogens with one attached hydrogen (secondary N) is 1. The molecule has 0 aromatic heterocycles. The zero-order valence-corrected chi connectivity index (χ0v) is 28.3. The first kappa shape index (κ1) is 35.4. The summed E-state index contributed by atoms with van der Waals surface area (Å²) in [7, 11) is 4.00. The minimum atomic E-state index is -3.33. The summed E-state index contributed by atoms with van der Waals surface area (Å²) < 4.78 is 31.5. The van der Waals surface area contributed by atoms with Crippen LogP contribution in [0.2, 0.25) is 0 Å². The summed E-state index contributed by atoms with van der Waals surface area (Å²) in [5.41, 5.74) is 3.09. The van der Waals surface area contributed by atoms with Crippen LogP contribution in [0.25, 0.3) is 16.7 Å². The maximum Gasteiger partial charge on any atom is 0.275 e. The van der Waals surface area contributed by atoms with Crippen molar-refractivity contribution in [2.45, 2.75) is 31.2 Å². The van der Waals surface area contributed by atoms with Gasteiger partial charge >= 0.3 is 0 Å². The van der Waals surface area contributed by atoms with Gasteiger partial charge < -0.3 is 20.0 Å². The molecule has 0 unspecified atom stereocenters. The number of benzene rings is 4. The van der Waals surface area contributed by atoms with Gasteiger partial charge in [0.1, 0.15) is 0 Å². The molecular formula is C39H39ClF2N4O3. The Morgan fingerprint density at radius 1 is 0.796 bits per heavy atom. The Labute approximate surface area is 291 Å². The lowest BCUT2D eigenvalue weighted by Crippen LogP contribution is -2.44. The van der Waals surface area contributed by atoms with E-state index >= 15 is 8.78 Å². The first-order chi connectivity index (χ1) is 23.1. The average molecular weight is 685 g/mol. The maximum atomic E-state index is 15.8. The number of allylic oxidation sites excluding steroid dienone is 1. The van der Waals surface area contributed by atoms with E-state index in [-0.39, 0.29) is 41.6 Å². The number of nitrogens with zero attached hydrogens (tertiary/aromatic N) is 3. The molecule has 0 saturated carbocycles. The van der Waals surface area contributed by atoms with Crippen LogP contribution in [0.5, 0.6) is 0 Å². The molecule has 7 nitrogen and oxygen atoms in total. The molecule has 0 aliphatic carbocycles. The standard InChI is InChI=1S/C39H38F2N4O3.ClH/c1-43(2)30-20-23-44(24-21-30)36(46)26-34-33-14-8-9-15-35(33)45(25-22-39(34,40)41)38(48)28-16-18-29(19-17-28)42-37(47)32-13-7-6-12-31(32)27-10-4-3-5-11-27;/h3-19,26,30H,20-25H2,1-2H3,(H,42,47);1H. The van der Waals surface area contributed by atoms with E-state index in [2.05, 4.69) is 10.2 Å². The number of rotatable bonds is 6. The molecule has 0 spiro atoms. The number of piperidine rings is 1. The number of alkyl halides is 2. The normalized spacial score (nSPS) is 16.8. The molecule has 6 rings (SSSR count). The second-order valence-electron chi connectivity index (χ2n) is 12.4. The van der Waals surface area contributed by atoms with Crippen molar-refractivity contribution < 1.29 is 23.2 Å². The fraction of sp³-hybridized carbons (Fsp3) is 0.256. The molecule has 2 aliphatic heterocycles. The fourth-order valence-corrected chi connectivity index (χ4v) is 6.45. The highest BCUT2D eigenvalue weighted by molar-refractivity contribution is 6.11. The Bertz CT molecular complexity index is 1840. The van der Waals surface area contributed by atoms with Crippen LogP contribution < -0.4 is 10.2 Å². The SMILES string of the molecule is CN(C)C1CCN(C(=O)C=C2c3ccccc3N(C(=O)c3ccc(NC(=O)c4ccccc4-c4ccccc4)cc3)CCC2(F)F)CC1.Cl. The molecule has 254 valence electrons. The van der Waals surface area contributed by atoms with Crippen LogP contribution in [-0.2, 0) is 4.79 Å². The third kappa shape index (κ3) is 7.74. The number of amides is 3. The quantitative estimate of drug-likeness (QED) is 0.212. The monoisotopic (exact) mass is 684 g/mol. The third-order valence-corrected chi connectivity index (χ3v) is 9.19. The number of likely N-dealkylation sites (tertiary alicyclic amines) is 1. The Morgan fingerprint density at radius 2 is 1.41 bits per heavy atom. The van der Waals surface area contributed by atoms with Crippen molar-refractivity contribution in [2.75, 3.05) is 43.9 Å². The van der Waals surface area contributed by atoms with Crippen molar-refractivity contribution in [3.63, 3.8) is 0 Å². The van der Waals surface area contributed by atoms with E-state index in [0.717, 1.165) is 30.0 Å². The lowest BCUT2D eigenvalue weighted by atomic mass is 9.96. The van der Waals surface area contributed by atoms with Gasteiger partial charge in [0.2, 0.25) is 5.91 Å². The van der Waals surface area contributed by atoms with Crippen LogP contribution in [0.4, 0.5) is 20.2 Å². The van der Waals surface area contributed by atoms with Gasteiger partial charge in [0.25, 0.3) is 17.7 Å². The topological polar surface area (TPSA) is 73.0 Å². The first-order valence-corrected chi connectivity index (χ1v) is 16.1. The van der Waals surface area contributed by atoms with Gasteiger partial charge in [0.15, 0.2) is 0 Å². The van der Waals surface area contributed by atoms with E-state index in [1.807, 2.05) is 56.6 Å². The molecule has 1 saturated heterocycles. The largest absolute Gasteiger partial charge is 0.339 e. The number of fused-ring (bicyclic) bond motifs is 1. The number of para-hydroxylation sites is 1. The minimum Gasteiger partial charge on any atom is -0.339 e. The van der Waals surface area contributed by atoms with Gasteiger partial charge in [-0.05, 0) is 74.5 Å². The molecular weight excluding hydrogens is 646 g/mol. The second kappa shape index (κ2) is 15.1. The van der Waals surface area contributed by atoms with Crippen molar-refractivity contribution in [2.24, 2.45) is 0 Å². The zero-order valence-electron chi connectivity index (χ0n) is 27.4. The third-order valence-electron chi connectivity index (χ3n) is 9.19. The van der Waals surface area contributed by atoms with E-state index < -0.39 is 24.2 Å². The Balaban J connectivity index is 0.00000468. The summed E-state index contributed by atoms with van der Waals surface area (Å²) in [4.78, 5) is 45.5. The molecule has 4 aromatic rings. The van der Waals surface area contributed by atoms with Crippen molar-refractivity contribution in [3.05, 3.63) is 126 Å². The highest BCUT2D eigenvalue weighted by Crippen LogP contribution is 2.43. The maximum absolute atomic E-state index is 15.8. The Hall–Kier alpha value is -4.86. The molecule has 0 bridgehead atoms. The number of halogens is 3. The van der Waals surface area contributed by atoms with E-state index in [0.29, 0.717) is 36.1 Å². The number of anilines is 2. The van der Waals surface area contributed by atoms with Gasteiger partial charge in [0.05, 0.1) is 5.69 Å². The van der Waals surface area contributed by atoms with E-state index in [1.54, 1.807) is 59.5 Å². The summed E-state index contributed by atoms with van der Waals surface area (Å²) in [6.07, 6.45) is 1.99. The van der Waals surface area contributed by atoms with Crippen molar-refractivity contribution in [3.8, 4) is 11.1 Å².